The van der Waals surface area contributed by atoms with E-state index in [1.807, 2.05) is 12.1 Å². The standard InChI is InChI=1S/C13H20ClN3/c1-3-17-8-6-12(7-9-17)16(2)13-5-4-11(14)10-15-13/h4-5,10,12H,3,6-9H2,1-2H3. The minimum absolute atomic E-state index is 0.603. The van der Waals surface area contributed by atoms with Gasteiger partial charge in [-0.05, 0) is 31.5 Å². The molecule has 4 heteroatoms. The van der Waals surface area contributed by atoms with Crippen LogP contribution in [0.5, 0.6) is 0 Å². The molecule has 94 valence electrons. The second kappa shape index (κ2) is 5.69. The van der Waals surface area contributed by atoms with E-state index in [1.165, 1.54) is 25.9 Å². The molecule has 0 saturated carbocycles. The van der Waals surface area contributed by atoms with Crippen LogP contribution in [0.2, 0.25) is 5.02 Å². The topological polar surface area (TPSA) is 19.4 Å². The maximum atomic E-state index is 5.85. The summed E-state index contributed by atoms with van der Waals surface area (Å²) in [6.45, 7) is 5.78. The van der Waals surface area contributed by atoms with Crippen molar-refractivity contribution in [1.29, 1.82) is 0 Å². The lowest BCUT2D eigenvalue weighted by atomic mass is 10.0. The van der Waals surface area contributed by atoms with Gasteiger partial charge in [0.1, 0.15) is 5.82 Å². The van der Waals surface area contributed by atoms with Crippen molar-refractivity contribution in [3.05, 3.63) is 23.4 Å². The molecule has 1 fully saturated rings. The zero-order valence-corrected chi connectivity index (χ0v) is 11.3. The fraction of sp³-hybridized carbons (Fsp3) is 0.615. The number of nitrogens with zero attached hydrogens (tertiary/aromatic N) is 3. The lowest BCUT2D eigenvalue weighted by Crippen LogP contribution is -2.43. The number of anilines is 1. The summed E-state index contributed by atoms with van der Waals surface area (Å²) >= 11 is 5.85. The number of rotatable bonds is 3. The lowest BCUT2D eigenvalue weighted by molar-refractivity contribution is 0.220. The molecule has 1 aliphatic heterocycles. The first-order chi connectivity index (χ1) is 8.20. The largest absolute Gasteiger partial charge is 0.357 e. The minimum atomic E-state index is 0.603. The molecule has 0 bridgehead atoms. The molecule has 3 nitrogen and oxygen atoms in total. The van der Waals surface area contributed by atoms with Crippen LogP contribution in [0.4, 0.5) is 5.82 Å². The van der Waals surface area contributed by atoms with Crippen molar-refractivity contribution in [2.45, 2.75) is 25.8 Å². The first-order valence-corrected chi connectivity index (χ1v) is 6.65. The van der Waals surface area contributed by atoms with Crippen molar-refractivity contribution in [3.8, 4) is 0 Å². The van der Waals surface area contributed by atoms with Gasteiger partial charge in [0, 0.05) is 32.4 Å². The van der Waals surface area contributed by atoms with Gasteiger partial charge in [-0.25, -0.2) is 4.98 Å². The first-order valence-electron chi connectivity index (χ1n) is 6.27. The summed E-state index contributed by atoms with van der Waals surface area (Å²) < 4.78 is 0. The molecule has 0 aromatic carbocycles. The average Bonchev–Trinajstić information content (AvgIpc) is 2.39. The Morgan fingerprint density at radius 3 is 2.65 bits per heavy atom. The monoisotopic (exact) mass is 253 g/mol. The highest BCUT2D eigenvalue weighted by molar-refractivity contribution is 6.30. The van der Waals surface area contributed by atoms with Crippen LogP contribution in [-0.4, -0.2) is 42.6 Å². The van der Waals surface area contributed by atoms with Crippen molar-refractivity contribution in [2.75, 3.05) is 31.6 Å². The van der Waals surface area contributed by atoms with Crippen LogP contribution >= 0.6 is 11.6 Å². The number of pyridine rings is 1. The average molecular weight is 254 g/mol. The SMILES string of the molecule is CCN1CCC(N(C)c2ccc(Cl)cn2)CC1. The van der Waals surface area contributed by atoms with Crippen molar-refractivity contribution >= 4 is 17.4 Å². The summed E-state index contributed by atoms with van der Waals surface area (Å²) in [5.74, 6) is 1.02. The smallest absolute Gasteiger partial charge is 0.128 e. The third kappa shape index (κ3) is 3.11. The molecule has 2 heterocycles. The van der Waals surface area contributed by atoms with Crippen LogP contribution in [0.25, 0.3) is 0 Å². The van der Waals surface area contributed by atoms with E-state index in [0.717, 1.165) is 12.4 Å². The van der Waals surface area contributed by atoms with Gasteiger partial charge in [-0.3, -0.25) is 0 Å². The quantitative estimate of drug-likeness (QED) is 0.826. The number of hydrogen-bond acceptors (Lipinski definition) is 3. The minimum Gasteiger partial charge on any atom is -0.357 e. The van der Waals surface area contributed by atoms with Crippen LogP contribution < -0.4 is 4.90 Å². The van der Waals surface area contributed by atoms with Crippen LogP contribution in [0.1, 0.15) is 19.8 Å². The van der Waals surface area contributed by atoms with Crippen LogP contribution in [-0.2, 0) is 0 Å². The molecule has 2 rings (SSSR count). The number of piperidine rings is 1. The summed E-state index contributed by atoms with van der Waals surface area (Å²) in [7, 11) is 2.13. The molecule has 0 N–H and O–H groups in total. The second-order valence-corrected chi connectivity index (χ2v) is 5.05. The van der Waals surface area contributed by atoms with Crippen molar-refractivity contribution in [3.63, 3.8) is 0 Å². The normalized spacial score (nSPS) is 18.3. The Labute approximate surface area is 108 Å². The molecular weight excluding hydrogens is 234 g/mol. The zero-order chi connectivity index (χ0) is 12.3. The molecule has 0 aliphatic carbocycles. The van der Waals surface area contributed by atoms with Gasteiger partial charge in [-0.2, -0.15) is 0 Å². The Kier molecular flexibility index (Phi) is 4.24. The molecule has 1 saturated heterocycles. The van der Waals surface area contributed by atoms with E-state index in [-0.39, 0.29) is 0 Å². The number of halogens is 1. The molecule has 0 unspecified atom stereocenters. The highest BCUT2D eigenvalue weighted by Crippen LogP contribution is 2.21. The second-order valence-electron chi connectivity index (χ2n) is 4.61. The van der Waals surface area contributed by atoms with Crippen molar-refractivity contribution in [1.82, 2.24) is 9.88 Å². The molecule has 0 atom stereocenters. The van der Waals surface area contributed by atoms with Gasteiger partial charge in [0.15, 0.2) is 0 Å². The van der Waals surface area contributed by atoms with Gasteiger partial charge in [0.05, 0.1) is 5.02 Å². The van der Waals surface area contributed by atoms with E-state index in [0.29, 0.717) is 11.1 Å². The molecule has 1 aromatic rings. The summed E-state index contributed by atoms with van der Waals surface area (Å²) in [5.41, 5.74) is 0. The van der Waals surface area contributed by atoms with Gasteiger partial charge >= 0.3 is 0 Å². The van der Waals surface area contributed by atoms with Gasteiger partial charge < -0.3 is 9.80 Å². The van der Waals surface area contributed by atoms with E-state index in [1.54, 1.807) is 6.20 Å². The highest BCUT2D eigenvalue weighted by atomic mass is 35.5. The third-order valence-electron chi connectivity index (χ3n) is 3.63. The van der Waals surface area contributed by atoms with Gasteiger partial charge in [-0.15, -0.1) is 0 Å². The summed E-state index contributed by atoms with van der Waals surface area (Å²) in [6.07, 6.45) is 4.15. The summed E-state index contributed by atoms with van der Waals surface area (Å²) in [4.78, 5) is 9.15. The molecule has 0 amide bonds. The number of aromatic nitrogens is 1. The predicted octanol–water partition coefficient (Wildman–Crippen LogP) is 2.66. The van der Waals surface area contributed by atoms with E-state index >= 15 is 0 Å². The number of hydrogen-bond donors (Lipinski definition) is 0. The fourth-order valence-electron chi connectivity index (χ4n) is 2.39. The molecular formula is C13H20ClN3. The molecule has 17 heavy (non-hydrogen) atoms. The molecule has 0 radical (unpaired) electrons. The van der Waals surface area contributed by atoms with Gasteiger partial charge in [-0.1, -0.05) is 18.5 Å². The third-order valence-corrected chi connectivity index (χ3v) is 3.85. The van der Waals surface area contributed by atoms with E-state index < -0.39 is 0 Å². The van der Waals surface area contributed by atoms with Crippen molar-refractivity contribution < 1.29 is 0 Å². The van der Waals surface area contributed by atoms with Crippen LogP contribution in [0.15, 0.2) is 18.3 Å². The Bertz CT molecular complexity index is 344. The summed E-state index contributed by atoms with van der Waals surface area (Å²) in [5, 5.41) is 0.697. The van der Waals surface area contributed by atoms with E-state index in [4.69, 9.17) is 11.6 Å². The number of likely N-dealkylation sites (tertiary alicyclic amines) is 1. The van der Waals surface area contributed by atoms with E-state index in [9.17, 15) is 0 Å². The Balaban J connectivity index is 1.96. The van der Waals surface area contributed by atoms with E-state index in [2.05, 4.69) is 28.8 Å². The van der Waals surface area contributed by atoms with Gasteiger partial charge in [0.2, 0.25) is 0 Å². The van der Waals surface area contributed by atoms with Crippen LogP contribution in [0, 0.1) is 0 Å². The maximum Gasteiger partial charge on any atom is 0.128 e. The van der Waals surface area contributed by atoms with Crippen molar-refractivity contribution in [2.24, 2.45) is 0 Å². The summed E-state index contributed by atoms with van der Waals surface area (Å²) in [6, 6.07) is 4.50. The maximum absolute atomic E-state index is 5.85. The molecule has 0 spiro atoms. The van der Waals surface area contributed by atoms with Gasteiger partial charge in [0.25, 0.3) is 0 Å². The van der Waals surface area contributed by atoms with Crippen LogP contribution in [0.3, 0.4) is 0 Å². The predicted molar refractivity (Wildman–Crippen MR) is 72.8 cm³/mol. The Hall–Kier alpha value is -0.800. The molecule has 1 aromatic heterocycles. The molecule has 1 aliphatic rings. The zero-order valence-electron chi connectivity index (χ0n) is 10.6. The fourth-order valence-corrected chi connectivity index (χ4v) is 2.50. The lowest BCUT2D eigenvalue weighted by Gasteiger charge is -2.36. The first kappa shape index (κ1) is 12.7. The Morgan fingerprint density at radius 1 is 1.41 bits per heavy atom. The highest BCUT2D eigenvalue weighted by Gasteiger charge is 2.22. The Morgan fingerprint density at radius 2 is 2.12 bits per heavy atom.